The van der Waals surface area contributed by atoms with E-state index in [1.165, 1.54) is 6.08 Å². The number of fused-ring (bicyclic) bond motifs is 1. The van der Waals surface area contributed by atoms with Gasteiger partial charge in [0, 0.05) is 30.8 Å². The second kappa shape index (κ2) is 6.92. The molecule has 3 rings (SSSR count). The Kier molecular flexibility index (Phi) is 4.72. The van der Waals surface area contributed by atoms with E-state index in [1.807, 2.05) is 30.3 Å². The molecule has 4 atom stereocenters. The standard InChI is InChI=1S/C19H20O4/c20-14(7-6-13-4-2-1-3-5-13)8-9-15-16-10-11-19(22)23-18(16)12-17(15)21/h1-5,8-11,15-18,21H,6-7,12H2. The summed E-state index contributed by atoms with van der Waals surface area (Å²) in [6.45, 7) is 0. The summed E-state index contributed by atoms with van der Waals surface area (Å²) in [5, 5.41) is 10.1. The van der Waals surface area contributed by atoms with Crippen molar-refractivity contribution in [3.05, 3.63) is 60.2 Å². The van der Waals surface area contributed by atoms with Gasteiger partial charge in [0.2, 0.25) is 0 Å². The molecule has 0 amide bonds. The van der Waals surface area contributed by atoms with Crippen LogP contribution in [0.5, 0.6) is 0 Å². The van der Waals surface area contributed by atoms with Crippen LogP contribution in [0.2, 0.25) is 0 Å². The van der Waals surface area contributed by atoms with Gasteiger partial charge in [-0.05, 0) is 18.1 Å². The molecule has 1 aliphatic carbocycles. The average molecular weight is 312 g/mol. The Morgan fingerprint density at radius 1 is 1.30 bits per heavy atom. The van der Waals surface area contributed by atoms with Gasteiger partial charge >= 0.3 is 5.97 Å². The summed E-state index contributed by atoms with van der Waals surface area (Å²) in [5.74, 6) is -0.533. The fourth-order valence-corrected chi connectivity index (χ4v) is 3.28. The molecular formula is C19H20O4. The molecule has 4 nitrogen and oxygen atoms in total. The van der Waals surface area contributed by atoms with E-state index in [1.54, 1.807) is 18.2 Å². The first-order chi connectivity index (χ1) is 11.1. The van der Waals surface area contributed by atoms with Crippen molar-refractivity contribution in [2.24, 2.45) is 11.8 Å². The first-order valence-electron chi connectivity index (χ1n) is 7.95. The zero-order valence-electron chi connectivity index (χ0n) is 12.8. The van der Waals surface area contributed by atoms with Gasteiger partial charge in [0.25, 0.3) is 0 Å². The molecule has 120 valence electrons. The van der Waals surface area contributed by atoms with E-state index in [0.29, 0.717) is 19.3 Å². The number of hydrogen-bond acceptors (Lipinski definition) is 4. The summed E-state index contributed by atoms with van der Waals surface area (Å²) in [5.41, 5.74) is 1.14. The van der Waals surface area contributed by atoms with Crippen molar-refractivity contribution < 1.29 is 19.4 Å². The molecule has 23 heavy (non-hydrogen) atoms. The molecule has 0 bridgehead atoms. The van der Waals surface area contributed by atoms with Gasteiger partial charge in [-0.2, -0.15) is 0 Å². The molecule has 0 aromatic heterocycles. The van der Waals surface area contributed by atoms with Crippen LogP contribution in [0.1, 0.15) is 18.4 Å². The maximum atomic E-state index is 12.0. The van der Waals surface area contributed by atoms with Crippen molar-refractivity contribution in [3.8, 4) is 0 Å². The summed E-state index contributed by atoms with van der Waals surface area (Å²) >= 11 is 0. The lowest BCUT2D eigenvalue weighted by atomic mass is 9.91. The van der Waals surface area contributed by atoms with Crippen LogP contribution >= 0.6 is 0 Å². The minimum atomic E-state index is -0.585. The van der Waals surface area contributed by atoms with Crippen LogP contribution in [0, 0.1) is 11.8 Å². The molecular weight excluding hydrogens is 292 g/mol. The number of rotatable bonds is 5. The average Bonchev–Trinajstić information content (AvgIpc) is 2.86. The fourth-order valence-electron chi connectivity index (χ4n) is 3.28. The Hall–Kier alpha value is -2.20. The van der Waals surface area contributed by atoms with Crippen LogP contribution in [0.25, 0.3) is 0 Å². The van der Waals surface area contributed by atoms with Crippen LogP contribution in [0.4, 0.5) is 0 Å². The van der Waals surface area contributed by atoms with Crippen LogP contribution in [0.3, 0.4) is 0 Å². The maximum absolute atomic E-state index is 12.0. The van der Waals surface area contributed by atoms with Crippen molar-refractivity contribution in [1.29, 1.82) is 0 Å². The highest BCUT2D eigenvalue weighted by molar-refractivity contribution is 5.89. The largest absolute Gasteiger partial charge is 0.458 e. The molecule has 4 heteroatoms. The Bertz CT molecular complexity index is 632. The Labute approximate surface area is 135 Å². The summed E-state index contributed by atoms with van der Waals surface area (Å²) < 4.78 is 5.22. The van der Waals surface area contributed by atoms with Crippen molar-refractivity contribution in [3.63, 3.8) is 0 Å². The summed E-state index contributed by atoms with van der Waals surface area (Å²) in [6.07, 6.45) is 7.23. The van der Waals surface area contributed by atoms with Gasteiger partial charge in [0.15, 0.2) is 5.78 Å². The Morgan fingerprint density at radius 3 is 2.87 bits per heavy atom. The SMILES string of the molecule is O=C(C=CC1C(O)CC2OC(=O)C=CC21)CCc1ccccc1. The molecule has 1 aromatic rings. The van der Waals surface area contributed by atoms with Gasteiger partial charge in [-0.3, -0.25) is 4.79 Å². The van der Waals surface area contributed by atoms with E-state index in [2.05, 4.69) is 0 Å². The predicted octanol–water partition coefficient (Wildman–Crippen LogP) is 2.22. The van der Waals surface area contributed by atoms with Crippen molar-refractivity contribution in [1.82, 2.24) is 0 Å². The topological polar surface area (TPSA) is 63.6 Å². The number of benzene rings is 1. The van der Waals surface area contributed by atoms with Crippen molar-refractivity contribution in [2.75, 3.05) is 0 Å². The number of ether oxygens (including phenoxy) is 1. The number of ketones is 1. The van der Waals surface area contributed by atoms with E-state index in [0.717, 1.165) is 5.56 Å². The zero-order chi connectivity index (χ0) is 16.2. The number of allylic oxidation sites excluding steroid dienone is 1. The van der Waals surface area contributed by atoms with Crippen molar-refractivity contribution in [2.45, 2.75) is 31.5 Å². The molecule has 1 saturated carbocycles. The lowest BCUT2D eigenvalue weighted by molar-refractivity contribution is -0.145. The molecule has 2 aliphatic rings. The number of carbonyl (C=O) groups is 2. The third kappa shape index (κ3) is 3.77. The Balaban J connectivity index is 1.57. The minimum Gasteiger partial charge on any atom is -0.458 e. The normalized spacial score (nSPS) is 29.5. The second-order valence-electron chi connectivity index (χ2n) is 6.10. The first kappa shape index (κ1) is 15.7. The van der Waals surface area contributed by atoms with Gasteiger partial charge < -0.3 is 9.84 Å². The fraction of sp³-hybridized carbons (Fsp3) is 0.368. The quantitative estimate of drug-likeness (QED) is 0.669. The van der Waals surface area contributed by atoms with E-state index in [9.17, 15) is 14.7 Å². The number of esters is 1. The van der Waals surface area contributed by atoms with Gasteiger partial charge in [0.1, 0.15) is 6.10 Å². The van der Waals surface area contributed by atoms with Crippen LogP contribution in [-0.2, 0) is 20.7 Å². The highest BCUT2D eigenvalue weighted by Crippen LogP contribution is 2.38. The molecule has 0 radical (unpaired) electrons. The molecule has 1 aliphatic heterocycles. The van der Waals surface area contributed by atoms with Gasteiger partial charge in [-0.25, -0.2) is 4.79 Å². The maximum Gasteiger partial charge on any atom is 0.330 e. The lowest BCUT2D eigenvalue weighted by Crippen LogP contribution is -2.26. The molecule has 4 unspecified atom stereocenters. The third-order valence-electron chi connectivity index (χ3n) is 4.52. The zero-order valence-corrected chi connectivity index (χ0v) is 12.8. The molecule has 1 heterocycles. The second-order valence-corrected chi connectivity index (χ2v) is 6.10. The predicted molar refractivity (Wildman–Crippen MR) is 85.5 cm³/mol. The van der Waals surface area contributed by atoms with E-state index >= 15 is 0 Å². The summed E-state index contributed by atoms with van der Waals surface area (Å²) in [6, 6.07) is 9.88. The van der Waals surface area contributed by atoms with E-state index < -0.39 is 6.10 Å². The smallest absolute Gasteiger partial charge is 0.330 e. The Morgan fingerprint density at radius 2 is 2.09 bits per heavy atom. The van der Waals surface area contributed by atoms with Crippen LogP contribution in [-0.4, -0.2) is 29.1 Å². The monoisotopic (exact) mass is 312 g/mol. The molecule has 1 fully saturated rings. The number of aliphatic hydroxyl groups excluding tert-OH is 1. The summed E-state index contributed by atoms with van der Waals surface area (Å²) in [4.78, 5) is 23.3. The number of carbonyl (C=O) groups excluding carboxylic acids is 2. The molecule has 0 spiro atoms. The molecule has 1 N–H and O–H groups in total. The highest BCUT2D eigenvalue weighted by Gasteiger charge is 2.43. The molecule has 1 aromatic carbocycles. The number of hydrogen-bond donors (Lipinski definition) is 1. The van der Waals surface area contributed by atoms with E-state index in [-0.39, 0.29) is 29.7 Å². The lowest BCUT2D eigenvalue weighted by Gasteiger charge is -2.22. The van der Waals surface area contributed by atoms with Gasteiger partial charge in [0.05, 0.1) is 6.10 Å². The van der Waals surface area contributed by atoms with Crippen LogP contribution in [0.15, 0.2) is 54.6 Å². The highest BCUT2D eigenvalue weighted by atomic mass is 16.5. The first-order valence-corrected chi connectivity index (χ1v) is 7.95. The van der Waals surface area contributed by atoms with E-state index in [4.69, 9.17) is 4.74 Å². The number of aliphatic hydroxyl groups is 1. The number of aryl methyl sites for hydroxylation is 1. The summed E-state index contributed by atoms with van der Waals surface area (Å²) in [7, 11) is 0. The van der Waals surface area contributed by atoms with Gasteiger partial charge in [-0.1, -0.05) is 42.5 Å². The molecule has 0 saturated heterocycles. The minimum absolute atomic E-state index is 0.0409. The van der Waals surface area contributed by atoms with Crippen LogP contribution < -0.4 is 0 Å². The van der Waals surface area contributed by atoms with Gasteiger partial charge in [-0.15, -0.1) is 0 Å². The van der Waals surface area contributed by atoms with Crippen molar-refractivity contribution >= 4 is 11.8 Å². The third-order valence-corrected chi connectivity index (χ3v) is 4.52.